The summed E-state index contributed by atoms with van der Waals surface area (Å²) in [6, 6.07) is 0. The SMILES string of the molecule is C=C[CH-]C.C=C[CH-]C.[Ni+2]. The molecular weight excluding hydrogens is 155 g/mol. The summed E-state index contributed by atoms with van der Waals surface area (Å²) in [6.07, 6.45) is 7.28. The van der Waals surface area contributed by atoms with E-state index in [1.54, 1.807) is 12.2 Å². The summed E-state index contributed by atoms with van der Waals surface area (Å²) in [5.74, 6) is 0. The fourth-order valence-electron chi connectivity index (χ4n) is 0. The third kappa shape index (κ3) is 85.8. The summed E-state index contributed by atoms with van der Waals surface area (Å²) >= 11 is 0. The van der Waals surface area contributed by atoms with Crippen molar-refractivity contribution in [1.29, 1.82) is 0 Å². The van der Waals surface area contributed by atoms with Gasteiger partial charge < -0.3 is 0 Å². The van der Waals surface area contributed by atoms with E-state index in [4.69, 9.17) is 0 Å². The third-order valence-electron chi connectivity index (χ3n) is 0.471. The first kappa shape index (κ1) is 15.9. The molecule has 0 aromatic carbocycles. The van der Waals surface area contributed by atoms with Crippen LogP contribution < -0.4 is 0 Å². The zero-order valence-corrected chi connectivity index (χ0v) is 7.03. The summed E-state index contributed by atoms with van der Waals surface area (Å²) in [5.41, 5.74) is 0. The topological polar surface area (TPSA) is 0 Å². The summed E-state index contributed by atoms with van der Waals surface area (Å²) in [7, 11) is 0. The van der Waals surface area contributed by atoms with Crippen molar-refractivity contribution in [2.45, 2.75) is 13.8 Å². The smallest absolute Gasteiger partial charge is 0.245 e. The van der Waals surface area contributed by atoms with Crippen LogP contribution in [0.4, 0.5) is 0 Å². The molecule has 1 heteroatoms. The molecule has 0 bridgehead atoms. The molecule has 9 heavy (non-hydrogen) atoms. The molecule has 0 rings (SSSR count). The van der Waals surface area contributed by atoms with Crippen LogP contribution in [-0.2, 0) is 16.5 Å². The van der Waals surface area contributed by atoms with Crippen molar-refractivity contribution >= 4 is 0 Å². The van der Waals surface area contributed by atoms with E-state index < -0.39 is 0 Å². The minimum Gasteiger partial charge on any atom is -0.245 e. The maximum Gasteiger partial charge on any atom is 2.00 e. The molecule has 0 aliphatic carbocycles. The van der Waals surface area contributed by atoms with Gasteiger partial charge in [0.05, 0.1) is 0 Å². The molecule has 0 aromatic heterocycles. The number of allylic oxidation sites excluding steroid dienone is 2. The van der Waals surface area contributed by atoms with Gasteiger partial charge in [0.1, 0.15) is 0 Å². The average Bonchev–Trinajstić information content (AvgIpc) is 1.88. The van der Waals surface area contributed by atoms with Crippen LogP contribution in [-0.4, -0.2) is 0 Å². The third-order valence-corrected chi connectivity index (χ3v) is 0.471. The average molecular weight is 169 g/mol. The Morgan fingerprint density at radius 2 is 1.11 bits per heavy atom. The first-order valence-electron chi connectivity index (χ1n) is 2.64. The van der Waals surface area contributed by atoms with Gasteiger partial charge in [-0.15, -0.1) is 13.8 Å². The van der Waals surface area contributed by atoms with Crippen LogP contribution in [0.25, 0.3) is 0 Å². The van der Waals surface area contributed by atoms with E-state index in [1.165, 1.54) is 0 Å². The van der Waals surface area contributed by atoms with Crippen molar-refractivity contribution < 1.29 is 16.5 Å². The van der Waals surface area contributed by atoms with Gasteiger partial charge in [-0.3, -0.25) is 0 Å². The number of hydrogen-bond donors (Lipinski definition) is 0. The van der Waals surface area contributed by atoms with Crippen molar-refractivity contribution in [2.75, 3.05) is 0 Å². The maximum atomic E-state index is 3.42. The van der Waals surface area contributed by atoms with Crippen LogP contribution in [0.2, 0.25) is 0 Å². The van der Waals surface area contributed by atoms with Crippen LogP contribution in [0.1, 0.15) is 13.8 Å². The Labute approximate surface area is 69.0 Å². The quantitative estimate of drug-likeness (QED) is 0.440. The molecule has 0 aliphatic rings. The van der Waals surface area contributed by atoms with Crippen molar-refractivity contribution in [3.05, 3.63) is 38.2 Å². The van der Waals surface area contributed by atoms with Crippen LogP contribution in [0.5, 0.6) is 0 Å². The molecule has 0 N–H and O–H groups in total. The van der Waals surface area contributed by atoms with Crippen molar-refractivity contribution in [3.63, 3.8) is 0 Å². The normalized spacial score (nSPS) is 4.67. The zero-order chi connectivity index (χ0) is 6.83. The molecule has 0 unspecified atom stereocenters. The van der Waals surface area contributed by atoms with Crippen molar-refractivity contribution in [3.8, 4) is 0 Å². The van der Waals surface area contributed by atoms with Gasteiger partial charge in [0, 0.05) is 0 Å². The second kappa shape index (κ2) is 25.2. The monoisotopic (exact) mass is 168 g/mol. The van der Waals surface area contributed by atoms with Crippen molar-refractivity contribution in [1.82, 2.24) is 0 Å². The molecule has 0 saturated carbocycles. The van der Waals surface area contributed by atoms with Gasteiger partial charge in [0.15, 0.2) is 0 Å². The van der Waals surface area contributed by atoms with E-state index in [2.05, 4.69) is 13.2 Å². The molecule has 0 fully saturated rings. The van der Waals surface area contributed by atoms with E-state index in [9.17, 15) is 0 Å². The summed E-state index contributed by atoms with van der Waals surface area (Å²) < 4.78 is 0. The van der Waals surface area contributed by atoms with Gasteiger partial charge in [0.25, 0.3) is 0 Å². The van der Waals surface area contributed by atoms with Crippen LogP contribution in [0.3, 0.4) is 0 Å². The Kier molecular flexibility index (Phi) is 44.5. The molecule has 0 saturated heterocycles. The molecule has 0 aromatic rings. The van der Waals surface area contributed by atoms with Crippen LogP contribution in [0, 0.1) is 12.8 Å². The summed E-state index contributed by atoms with van der Waals surface area (Å²) in [4.78, 5) is 0. The largest absolute Gasteiger partial charge is 2.00 e. The standard InChI is InChI=1S/2C4H7.Ni/c2*1-3-4-2;/h2*3-4H,1H2,2H3;/q2*-1;+2. The summed E-state index contributed by atoms with van der Waals surface area (Å²) in [6.45, 7) is 10.7. The predicted molar refractivity (Wildman–Crippen MR) is 40.3 cm³/mol. The predicted octanol–water partition coefficient (Wildman–Crippen LogP) is 2.79. The maximum absolute atomic E-state index is 3.42. The van der Waals surface area contributed by atoms with Crippen molar-refractivity contribution in [2.24, 2.45) is 0 Å². The first-order chi connectivity index (χ1) is 3.83. The van der Waals surface area contributed by atoms with Gasteiger partial charge in [-0.2, -0.15) is 0 Å². The summed E-state index contributed by atoms with van der Waals surface area (Å²) in [5, 5.41) is 0. The number of rotatable bonds is 2. The van der Waals surface area contributed by atoms with E-state index in [0.717, 1.165) is 0 Å². The fraction of sp³-hybridized carbons (Fsp3) is 0.250. The van der Waals surface area contributed by atoms with Gasteiger partial charge >= 0.3 is 16.5 Å². The Bertz CT molecular complexity index is 40.5. The molecule has 0 atom stereocenters. The molecular formula is C8H14Ni. The zero-order valence-electron chi connectivity index (χ0n) is 6.04. The van der Waals surface area contributed by atoms with Crippen LogP contribution >= 0.6 is 0 Å². The van der Waals surface area contributed by atoms with E-state index in [1.807, 2.05) is 26.7 Å². The van der Waals surface area contributed by atoms with E-state index >= 15 is 0 Å². The van der Waals surface area contributed by atoms with E-state index in [0.29, 0.717) is 0 Å². The molecule has 0 amide bonds. The number of hydrogen-bond acceptors (Lipinski definition) is 0. The fourth-order valence-corrected chi connectivity index (χ4v) is 0. The molecule has 0 aliphatic heterocycles. The molecule has 56 valence electrons. The van der Waals surface area contributed by atoms with Crippen LogP contribution in [0.15, 0.2) is 25.3 Å². The Balaban J connectivity index is -0.0000000720. The second-order valence-electron chi connectivity index (χ2n) is 1.14. The van der Waals surface area contributed by atoms with Gasteiger partial charge in [-0.05, 0) is 0 Å². The second-order valence-corrected chi connectivity index (χ2v) is 1.14. The minimum atomic E-state index is 0. The first-order valence-corrected chi connectivity index (χ1v) is 2.64. The molecule has 0 spiro atoms. The molecule has 0 heterocycles. The van der Waals surface area contributed by atoms with Gasteiger partial charge in [-0.25, -0.2) is 38.2 Å². The Hall–Kier alpha value is -0.286. The molecule has 0 radical (unpaired) electrons. The van der Waals surface area contributed by atoms with E-state index in [-0.39, 0.29) is 16.5 Å². The Morgan fingerprint density at radius 3 is 1.11 bits per heavy atom. The Morgan fingerprint density at radius 1 is 1.00 bits per heavy atom. The van der Waals surface area contributed by atoms with Gasteiger partial charge in [0.2, 0.25) is 0 Å². The molecule has 0 nitrogen and oxygen atoms in total. The van der Waals surface area contributed by atoms with Gasteiger partial charge in [-0.1, -0.05) is 0 Å². The minimum absolute atomic E-state index is 0.